The normalized spacial score (nSPS) is 16.8. The van der Waals surface area contributed by atoms with Crippen LogP contribution in [-0.4, -0.2) is 67.2 Å². The Balaban J connectivity index is 1.39. The zero-order chi connectivity index (χ0) is 37.6. The van der Waals surface area contributed by atoms with Gasteiger partial charge in [0.2, 0.25) is 15.6 Å². The summed E-state index contributed by atoms with van der Waals surface area (Å²) in [6.45, 7) is 2.67. The standard InChI is InChI=1S/C37H35Cl2N3O9S/c1-22(2)34(42-52(48,49)31-17-8-13-24-12-6-7-14-25(24)31)29-20-37(51-41-29,19-23-10-4-3-5-11-23)36(47)40-28(18-32(44)45)30(43)21-50-35(46)33-26(38)15-9-16-27(33)39/h3-17,22,28,34,42H,18-21H2,1-2H3,(H,40,47)(H,44,45). The number of halogens is 2. The Labute approximate surface area is 310 Å². The predicted octanol–water partition coefficient (Wildman–Crippen LogP) is 5.59. The number of ketones is 1. The van der Waals surface area contributed by atoms with Crippen LogP contribution in [0.4, 0.5) is 0 Å². The van der Waals surface area contributed by atoms with Crippen molar-refractivity contribution < 1.29 is 42.3 Å². The molecule has 15 heteroatoms. The maximum atomic E-state index is 14.2. The van der Waals surface area contributed by atoms with Crippen molar-refractivity contribution in [1.29, 1.82) is 0 Å². The number of ether oxygens (including phenoxy) is 1. The van der Waals surface area contributed by atoms with E-state index < -0.39 is 64.4 Å². The number of aliphatic carboxylic acids is 1. The molecule has 3 atom stereocenters. The summed E-state index contributed by atoms with van der Waals surface area (Å²) in [4.78, 5) is 57.9. The molecule has 0 saturated carbocycles. The molecule has 272 valence electrons. The topological polar surface area (TPSA) is 178 Å². The molecule has 0 aromatic heterocycles. The summed E-state index contributed by atoms with van der Waals surface area (Å²) in [5.74, 6) is -4.60. The van der Waals surface area contributed by atoms with Gasteiger partial charge in [0, 0.05) is 18.2 Å². The molecule has 1 amide bonds. The van der Waals surface area contributed by atoms with E-state index in [9.17, 15) is 32.7 Å². The monoisotopic (exact) mass is 767 g/mol. The summed E-state index contributed by atoms with van der Waals surface area (Å²) in [7, 11) is -4.12. The van der Waals surface area contributed by atoms with Crippen molar-refractivity contribution in [1.82, 2.24) is 10.0 Å². The molecule has 0 spiro atoms. The lowest BCUT2D eigenvalue weighted by atomic mass is 9.85. The second kappa shape index (κ2) is 16.2. The van der Waals surface area contributed by atoms with Gasteiger partial charge in [0.05, 0.1) is 38.7 Å². The zero-order valence-electron chi connectivity index (χ0n) is 28.0. The number of nitrogens with zero attached hydrogens (tertiary/aromatic N) is 1. The highest BCUT2D eigenvalue weighted by atomic mass is 35.5. The van der Waals surface area contributed by atoms with Gasteiger partial charge in [-0.25, -0.2) is 17.9 Å². The fourth-order valence-corrected chi connectivity index (χ4v) is 8.01. The first-order valence-electron chi connectivity index (χ1n) is 16.2. The number of carbonyl (C=O) groups excluding carboxylic acids is 3. The van der Waals surface area contributed by atoms with Gasteiger partial charge in [-0.15, -0.1) is 0 Å². The lowest BCUT2D eigenvalue weighted by molar-refractivity contribution is -0.148. The number of carboxylic acid groups (broad SMARTS) is 1. The molecule has 1 aliphatic heterocycles. The average molecular weight is 769 g/mol. The minimum Gasteiger partial charge on any atom is -0.481 e. The quantitative estimate of drug-likeness (QED) is 0.130. The molecule has 5 rings (SSSR count). The SMILES string of the molecule is CC(C)C(NS(=O)(=O)c1cccc2ccccc12)C1=NOC(Cc2ccccc2)(C(=O)NC(CC(=O)O)C(=O)COC(=O)c2c(Cl)cccc2Cl)C1. The van der Waals surface area contributed by atoms with Crippen molar-refractivity contribution in [3.05, 3.63) is 112 Å². The number of Topliss-reactive ketones (excluding diaryl/α,β-unsaturated/α-hetero) is 1. The molecule has 1 aliphatic rings. The number of hydrogen-bond donors (Lipinski definition) is 3. The van der Waals surface area contributed by atoms with Crippen LogP contribution in [0.15, 0.2) is 101 Å². The van der Waals surface area contributed by atoms with Crippen LogP contribution in [0, 0.1) is 5.92 Å². The highest BCUT2D eigenvalue weighted by Crippen LogP contribution is 2.33. The average Bonchev–Trinajstić information content (AvgIpc) is 3.53. The molecule has 4 aromatic carbocycles. The number of sulfonamides is 1. The van der Waals surface area contributed by atoms with E-state index in [1.807, 2.05) is 6.07 Å². The number of oxime groups is 1. The number of carboxylic acids is 1. The number of amides is 1. The van der Waals surface area contributed by atoms with Crippen molar-refractivity contribution in [2.24, 2.45) is 11.1 Å². The maximum Gasteiger partial charge on any atom is 0.341 e. The van der Waals surface area contributed by atoms with Crippen LogP contribution in [0.3, 0.4) is 0 Å². The van der Waals surface area contributed by atoms with E-state index in [1.165, 1.54) is 24.3 Å². The number of fused-ring (bicyclic) bond motifs is 1. The summed E-state index contributed by atoms with van der Waals surface area (Å²) >= 11 is 12.1. The lowest BCUT2D eigenvalue weighted by Gasteiger charge is -2.29. The van der Waals surface area contributed by atoms with Crippen LogP contribution in [0.2, 0.25) is 10.0 Å². The largest absolute Gasteiger partial charge is 0.481 e. The maximum absolute atomic E-state index is 14.2. The number of hydrogen-bond acceptors (Lipinski definition) is 9. The van der Waals surface area contributed by atoms with E-state index in [0.717, 1.165) is 5.39 Å². The third kappa shape index (κ3) is 8.79. The Kier molecular flexibility index (Phi) is 12.0. The van der Waals surface area contributed by atoms with Crippen LogP contribution in [0.5, 0.6) is 0 Å². The number of nitrogens with one attached hydrogen (secondary N) is 2. The molecular weight excluding hydrogens is 733 g/mol. The van der Waals surface area contributed by atoms with Crippen LogP contribution in [0.25, 0.3) is 10.8 Å². The second-order valence-corrected chi connectivity index (χ2v) is 15.1. The van der Waals surface area contributed by atoms with Crippen LogP contribution in [0.1, 0.15) is 42.6 Å². The Hall–Kier alpha value is -4.82. The molecule has 0 saturated heterocycles. The predicted molar refractivity (Wildman–Crippen MR) is 195 cm³/mol. The molecule has 3 unspecified atom stereocenters. The number of rotatable bonds is 15. The van der Waals surface area contributed by atoms with Gasteiger partial charge < -0.3 is 20.0 Å². The lowest BCUT2D eigenvalue weighted by Crippen LogP contribution is -2.55. The molecule has 1 heterocycles. The Morgan fingerprint density at radius 3 is 2.23 bits per heavy atom. The highest BCUT2D eigenvalue weighted by Gasteiger charge is 2.50. The first kappa shape index (κ1) is 38.4. The first-order chi connectivity index (χ1) is 24.7. The van der Waals surface area contributed by atoms with Crippen molar-refractivity contribution in [2.75, 3.05) is 6.61 Å². The summed E-state index contributed by atoms with van der Waals surface area (Å²) < 4.78 is 35.5. The minimum absolute atomic E-state index is 0.0171. The Morgan fingerprint density at radius 1 is 0.923 bits per heavy atom. The van der Waals surface area contributed by atoms with Crippen LogP contribution >= 0.6 is 23.2 Å². The van der Waals surface area contributed by atoms with Gasteiger partial charge >= 0.3 is 11.9 Å². The van der Waals surface area contributed by atoms with Crippen molar-refractivity contribution in [3.8, 4) is 0 Å². The second-order valence-electron chi connectivity index (χ2n) is 12.6. The zero-order valence-corrected chi connectivity index (χ0v) is 30.4. The fourth-order valence-electron chi connectivity index (χ4n) is 5.85. The van der Waals surface area contributed by atoms with Crippen molar-refractivity contribution in [3.63, 3.8) is 0 Å². The molecular formula is C37H35Cl2N3O9S. The van der Waals surface area contributed by atoms with Crippen LogP contribution in [-0.2, 0) is 40.4 Å². The summed E-state index contributed by atoms with van der Waals surface area (Å²) in [5.41, 5.74) is -1.12. The van der Waals surface area contributed by atoms with Gasteiger partial charge in [0.1, 0.15) is 6.04 Å². The molecule has 0 fully saturated rings. The van der Waals surface area contributed by atoms with E-state index in [1.54, 1.807) is 74.5 Å². The smallest absolute Gasteiger partial charge is 0.341 e. The molecule has 12 nitrogen and oxygen atoms in total. The van der Waals surface area contributed by atoms with E-state index in [-0.39, 0.29) is 45.0 Å². The van der Waals surface area contributed by atoms with Gasteiger partial charge in [-0.05, 0) is 35.1 Å². The highest BCUT2D eigenvalue weighted by molar-refractivity contribution is 7.89. The molecule has 52 heavy (non-hydrogen) atoms. The Morgan fingerprint density at radius 2 is 1.56 bits per heavy atom. The fraction of sp³-hybridized carbons (Fsp3) is 0.270. The molecule has 0 aliphatic carbocycles. The third-order valence-corrected chi connectivity index (χ3v) is 10.6. The summed E-state index contributed by atoms with van der Waals surface area (Å²) in [5, 5.41) is 17.5. The van der Waals surface area contributed by atoms with E-state index in [0.29, 0.717) is 10.9 Å². The number of carbonyl (C=O) groups is 4. The third-order valence-electron chi connectivity index (χ3n) is 8.48. The number of benzene rings is 4. The van der Waals surface area contributed by atoms with E-state index >= 15 is 0 Å². The van der Waals surface area contributed by atoms with Gasteiger partial charge in [-0.3, -0.25) is 14.4 Å². The van der Waals surface area contributed by atoms with Gasteiger partial charge in [0.25, 0.3) is 5.91 Å². The summed E-state index contributed by atoms with van der Waals surface area (Å²) in [6.07, 6.45) is -1.12. The number of esters is 1. The molecule has 4 aromatic rings. The van der Waals surface area contributed by atoms with Crippen molar-refractivity contribution in [2.45, 2.75) is 55.7 Å². The molecule has 0 bridgehead atoms. The van der Waals surface area contributed by atoms with Gasteiger partial charge in [-0.1, -0.05) is 115 Å². The summed E-state index contributed by atoms with van der Waals surface area (Å²) in [6, 6.07) is 22.6. The molecule has 0 radical (unpaired) electrons. The van der Waals surface area contributed by atoms with E-state index in [2.05, 4.69) is 15.2 Å². The van der Waals surface area contributed by atoms with Crippen LogP contribution < -0.4 is 10.0 Å². The van der Waals surface area contributed by atoms with Gasteiger partial charge in [-0.2, -0.15) is 0 Å². The van der Waals surface area contributed by atoms with Gasteiger partial charge in [0.15, 0.2) is 12.4 Å². The Bertz CT molecular complexity index is 2120. The van der Waals surface area contributed by atoms with Crippen molar-refractivity contribution >= 4 is 73.3 Å². The first-order valence-corrected chi connectivity index (χ1v) is 18.4. The minimum atomic E-state index is -4.12. The van der Waals surface area contributed by atoms with E-state index in [4.69, 9.17) is 32.8 Å². The molecule has 3 N–H and O–H groups in total.